The summed E-state index contributed by atoms with van der Waals surface area (Å²) in [6, 6.07) is 19.0. The summed E-state index contributed by atoms with van der Waals surface area (Å²) in [5.74, 6) is 1.25. The van der Waals surface area contributed by atoms with Crippen LogP contribution in [0.3, 0.4) is 0 Å². The third kappa shape index (κ3) is 4.75. The number of nitrogens with zero attached hydrogens (tertiary/aromatic N) is 3. The van der Waals surface area contributed by atoms with Gasteiger partial charge >= 0.3 is 0 Å². The van der Waals surface area contributed by atoms with E-state index in [1.54, 1.807) is 30.0 Å². The molecule has 0 bridgehead atoms. The van der Waals surface area contributed by atoms with Gasteiger partial charge in [0.05, 0.1) is 25.6 Å². The smallest absolute Gasteiger partial charge is 0.295 e. The van der Waals surface area contributed by atoms with E-state index in [-0.39, 0.29) is 5.82 Å². The Kier molecular flexibility index (Phi) is 6.46. The van der Waals surface area contributed by atoms with Gasteiger partial charge in [-0.15, -0.1) is 5.10 Å². The molecule has 7 nitrogen and oxygen atoms in total. The van der Waals surface area contributed by atoms with E-state index in [4.69, 9.17) is 9.47 Å². The van der Waals surface area contributed by atoms with Crippen LogP contribution < -0.4 is 14.8 Å². The molecule has 0 aliphatic carbocycles. The van der Waals surface area contributed by atoms with Gasteiger partial charge in [0, 0.05) is 16.1 Å². The van der Waals surface area contributed by atoms with Gasteiger partial charge in [-0.05, 0) is 55.3 Å². The molecule has 4 rings (SSSR count). The van der Waals surface area contributed by atoms with Crippen LogP contribution in [0.5, 0.6) is 11.5 Å². The number of rotatable bonds is 6. The first-order chi connectivity index (χ1) is 15.9. The molecule has 0 saturated heterocycles. The number of nitrogens with one attached hydrogen (secondary N) is 1. The quantitative estimate of drug-likeness (QED) is 0.369. The Hall–Kier alpha value is -3.65. The van der Waals surface area contributed by atoms with Crippen LogP contribution in [-0.4, -0.2) is 34.9 Å². The number of methoxy groups -OCH3 is 2. The Bertz CT molecular complexity index is 1320. The minimum Gasteiger partial charge on any atom is -0.497 e. The first-order valence-electron chi connectivity index (χ1n) is 10.2. The van der Waals surface area contributed by atoms with Crippen molar-refractivity contribution in [1.29, 1.82) is 0 Å². The first-order valence-corrected chi connectivity index (χ1v) is 11.0. The number of carbonyl (C=O) groups is 1. The number of aromatic nitrogens is 3. The van der Waals surface area contributed by atoms with Crippen LogP contribution in [0.25, 0.3) is 17.1 Å². The minimum absolute atomic E-state index is 0.0405. The minimum atomic E-state index is -0.455. The number of carbonyl (C=O) groups excluding carboxylic acids is 1. The highest BCUT2D eigenvalue weighted by Gasteiger charge is 2.21. The van der Waals surface area contributed by atoms with Gasteiger partial charge in [-0.25, -0.2) is 9.67 Å². The number of benzene rings is 3. The van der Waals surface area contributed by atoms with Crippen LogP contribution in [0.4, 0.5) is 5.69 Å². The molecule has 0 aliphatic heterocycles. The van der Waals surface area contributed by atoms with E-state index in [1.807, 2.05) is 56.3 Å². The molecule has 1 N–H and O–H groups in total. The largest absolute Gasteiger partial charge is 0.497 e. The van der Waals surface area contributed by atoms with Crippen molar-refractivity contribution in [3.8, 4) is 28.6 Å². The second kappa shape index (κ2) is 9.46. The second-order valence-electron chi connectivity index (χ2n) is 7.49. The molecule has 3 aromatic carbocycles. The summed E-state index contributed by atoms with van der Waals surface area (Å²) in [5.41, 5.74) is 4.27. The fourth-order valence-corrected chi connectivity index (χ4v) is 3.66. The SMILES string of the molecule is COc1ccc(OC)c(NC(=O)c2nc(-c3ccc(Br)cc3)n(-c3cc(C)ccc3C)n2)c1. The van der Waals surface area contributed by atoms with E-state index >= 15 is 0 Å². The summed E-state index contributed by atoms with van der Waals surface area (Å²) >= 11 is 3.46. The first kappa shape index (κ1) is 22.5. The Balaban J connectivity index is 1.79. The molecule has 0 unspecified atom stereocenters. The Morgan fingerprint density at radius 2 is 1.73 bits per heavy atom. The molecular weight excluding hydrogens is 484 g/mol. The predicted molar refractivity (Wildman–Crippen MR) is 131 cm³/mol. The van der Waals surface area contributed by atoms with Crippen molar-refractivity contribution >= 4 is 27.5 Å². The topological polar surface area (TPSA) is 78.3 Å². The molecule has 0 aliphatic rings. The lowest BCUT2D eigenvalue weighted by molar-refractivity contribution is 0.101. The van der Waals surface area contributed by atoms with E-state index in [9.17, 15) is 4.79 Å². The molecule has 168 valence electrons. The highest BCUT2D eigenvalue weighted by molar-refractivity contribution is 9.10. The van der Waals surface area contributed by atoms with Crippen molar-refractivity contribution in [1.82, 2.24) is 14.8 Å². The molecule has 1 amide bonds. The summed E-state index contributed by atoms with van der Waals surface area (Å²) in [4.78, 5) is 17.8. The Morgan fingerprint density at radius 3 is 2.42 bits per heavy atom. The highest BCUT2D eigenvalue weighted by Crippen LogP contribution is 2.30. The highest BCUT2D eigenvalue weighted by atomic mass is 79.9. The van der Waals surface area contributed by atoms with Gasteiger partial charge in [0.2, 0.25) is 5.82 Å². The maximum absolute atomic E-state index is 13.2. The van der Waals surface area contributed by atoms with Crippen LogP contribution in [-0.2, 0) is 0 Å². The molecule has 0 atom stereocenters. The standard InChI is InChI=1S/C25H23BrN4O3/c1-15-5-6-16(2)21(13-15)30-24(17-7-9-18(26)10-8-17)28-23(29-30)25(31)27-20-14-19(32-3)11-12-22(20)33-4/h5-14H,1-4H3,(H,27,31). The maximum Gasteiger partial charge on any atom is 0.295 e. The fourth-order valence-electron chi connectivity index (χ4n) is 3.40. The molecule has 0 saturated carbocycles. The maximum atomic E-state index is 13.2. The Morgan fingerprint density at radius 1 is 0.970 bits per heavy atom. The molecule has 8 heteroatoms. The van der Waals surface area contributed by atoms with Crippen LogP contribution >= 0.6 is 15.9 Å². The monoisotopic (exact) mass is 506 g/mol. The number of anilines is 1. The van der Waals surface area contributed by atoms with E-state index in [0.29, 0.717) is 23.0 Å². The summed E-state index contributed by atoms with van der Waals surface area (Å²) in [5, 5.41) is 7.43. The lowest BCUT2D eigenvalue weighted by Gasteiger charge is -2.11. The van der Waals surface area contributed by atoms with Crippen molar-refractivity contribution < 1.29 is 14.3 Å². The average molecular weight is 507 g/mol. The van der Waals surface area contributed by atoms with E-state index in [0.717, 1.165) is 26.9 Å². The zero-order valence-electron chi connectivity index (χ0n) is 18.7. The summed E-state index contributed by atoms with van der Waals surface area (Å²) < 4.78 is 13.3. The third-order valence-electron chi connectivity index (χ3n) is 5.16. The average Bonchev–Trinajstić information content (AvgIpc) is 3.26. The van der Waals surface area contributed by atoms with Crippen molar-refractivity contribution in [3.63, 3.8) is 0 Å². The van der Waals surface area contributed by atoms with Crippen molar-refractivity contribution in [2.45, 2.75) is 13.8 Å². The van der Waals surface area contributed by atoms with Gasteiger partial charge in [-0.1, -0.05) is 40.2 Å². The van der Waals surface area contributed by atoms with Crippen LogP contribution in [0.2, 0.25) is 0 Å². The van der Waals surface area contributed by atoms with Gasteiger partial charge in [0.1, 0.15) is 11.5 Å². The second-order valence-corrected chi connectivity index (χ2v) is 8.40. The van der Waals surface area contributed by atoms with Gasteiger partial charge in [-0.3, -0.25) is 4.79 Å². The normalized spacial score (nSPS) is 10.7. The molecule has 0 spiro atoms. The van der Waals surface area contributed by atoms with Gasteiger partial charge < -0.3 is 14.8 Å². The summed E-state index contributed by atoms with van der Waals surface area (Å²) in [6.07, 6.45) is 0. The molecule has 0 radical (unpaired) electrons. The zero-order valence-corrected chi connectivity index (χ0v) is 20.3. The van der Waals surface area contributed by atoms with Crippen molar-refractivity contribution in [2.75, 3.05) is 19.5 Å². The third-order valence-corrected chi connectivity index (χ3v) is 5.69. The van der Waals surface area contributed by atoms with Crippen LogP contribution in [0, 0.1) is 13.8 Å². The van der Waals surface area contributed by atoms with E-state index in [1.165, 1.54) is 7.11 Å². The molecule has 4 aromatic rings. The number of amides is 1. The number of ether oxygens (including phenoxy) is 2. The zero-order chi connectivity index (χ0) is 23.5. The lowest BCUT2D eigenvalue weighted by atomic mass is 10.1. The fraction of sp³-hybridized carbons (Fsp3) is 0.160. The van der Waals surface area contributed by atoms with Crippen molar-refractivity contribution in [3.05, 3.63) is 82.1 Å². The summed E-state index contributed by atoms with van der Waals surface area (Å²) in [7, 11) is 3.10. The van der Waals surface area contributed by atoms with E-state index < -0.39 is 5.91 Å². The lowest BCUT2D eigenvalue weighted by Crippen LogP contribution is -2.15. The van der Waals surface area contributed by atoms with Crippen LogP contribution in [0.15, 0.2) is 65.1 Å². The summed E-state index contributed by atoms with van der Waals surface area (Å²) in [6.45, 7) is 4.02. The van der Waals surface area contributed by atoms with Gasteiger partial charge in [-0.2, -0.15) is 0 Å². The van der Waals surface area contributed by atoms with Crippen LogP contribution in [0.1, 0.15) is 21.7 Å². The van der Waals surface area contributed by atoms with E-state index in [2.05, 4.69) is 31.3 Å². The number of hydrogen-bond donors (Lipinski definition) is 1. The predicted octanol–water partition coefficient (Wildman–Crippen LogP) is 5.58. The van der Waals surface area contributed by atoms with Gasteiger partial charge in [0.15, 0.2) is 5.82 Å². The van der Waals surface area contributed by atoms with Crippen molar-refractivity contribution in [2.24, 2.45) is 0 Å². The number of aryl methyl sites for hydroxylation is 2. The van der Waals surface area contributed by atoms with Gasteiger partial charge in [0.25, 0.3) is 5.91 Å². The molecule has 1 aromatic heterocycles. The Labute approximate surface area is 200 Å². The molecule has 1 heterocycles. The number of hydrogen-bond acceptors (Lipinski definition) is 5. The molecule has 0 fully saturated rings. The molecular formula is C25H23BrN4O3. The number of halogens is 1. The molecule has 33 heavy (non-hydrogen) atoms.